The van der Waals surface area contributed by atoms with Crippen LogP contribution in [0.3, 0.4) is 0 Å². The first-order valence-electron chi connectivity index (χ1n) is 9.83. The summed E-state index contributed by atoms with van der Waals surface area (Å²) in [6, 6.07) is 24.1. The standard InChI is InChI=1S/C24H25ClN2O3S/c1-18-9-8-13-20(15-18)24(19-10-4-3-5-11-19)26-23(28)17-27(31(2,29)30)16-21-12-6-7-14-22(21)25/h3-15,24H,16-17H2,1-2H3,(H,26,28)/t24-/m1/s1. The summed E-state index contributed by atoms with van der Waals surface area (Å²) >= 11 is 6.19. The summed E-state index contributed by atoms with van der Waals surface area (Å²) in [5, 5.41) is 3.46. The number of carbonyl (C=O) groups is 1. The molecular weight excluding hydrogens is 432 g/mol. The smallest absolute Gasteiger partial charge is 0.236 e. The van der Waals surface area contributed by atoms with Gasteiger partial charge in [-0.15, -0.1) is 0 Å². The summed E-state index contributed by atoms with van der Waals surface area (Å²) in [5.41, 5.74) is 3.56. The number of hydrogen-bond donors (Lipinski definition) is 1. The van der Waals surface area contributed by atoms with Crippen molar-refractivity contribution in [2.75, 3.05) is 12.8 Å². The second-order valence-corrected chi connectivity index (χ2v) is 9.84. The van der Waals surface area contributed by atoms with E-state index in [4.69, 9.17) is 11.6 Å². The molecule has 1 atom stereocenters. The topological polar surface area (TPSA) is 66.5 Å². The number of amides is 1. The van der Waals surface area contributed by atoms with Crippen LogP contribution in [0.1, 0.15) is 28.3 Å². The number of aryl methyl sites for hydroxylation is 1. The highest BCUT2D eigenvalue weighted by Crippen LogP contribution is 2.23. The van der Waals surface area contributed by atoms with Gasteiger partial charge in [-0.3, -0.25) is 4.79 Å². The Kier molecular flexibility index (Phi) is 7.49. The molecule has 0 radical (unpaired) electrons. The van der Waals surface area contributed by atoms with Gasteiger partial charge < -0.3 is 5.32 Å². The van der Waals surface area contributed by atoms with Crippen LogP contribution in [0.15, 0.2) is 78.9 Å². The highest BCUT2D eigenvalue weighted by atomic mass is 35.5. The molecule has 3 rings (SSSR count). The van der Waals surface area contributed by atoms with Crippen molar-refractivity contribution in [3.05, 3.63) is 106 Å². The van der Waals surface area contributed by atoms with Crippen LogP contribution >= 0.6 is 11.6 Å². The van der Waals surface area contributed by atoms with Crippen LogP contribution < -0.4 is 5.32 Å². The molecule has 0 aliphatic rings. The van der Waals surface area contributed by atoms with Crippen molar-refractivity contribution < 1.29 is 13.2 Å². The second kappa shape index (κ2) is 10.1. The van der Waals surface area contributed by atoms with E-state index < -0.39 is 22.0 Å². The lowest BCUT2D eigenvalue weighted by atomic mass is 9.97. The fraction of sp³-hybridized carbons (Fsp3) is 0.208. The highest BCUT2D eigenvalue weighted by Gasteiger charge is 2.24. The average molecular weight is 457 g/mol. The Balaban J connectivity index is 1.84. The zero-order chi connectivity index (χ0) is 22.4. The highest BCUT2D eigenvalue weighted by molar-refractivity contribution is 7.88. The molecule has 31 heavy (non-hydrogen) atoms. The van der Waals surface area contributed by atoms with Gasteiger partial charge in [-0.05, 0) is 29.7 Å². The molecule has 0 aromatic heterocycles. The zero-order valence-corrected chi connectivity index (χ0v) is 19.0. The van der Waals surface area contributed by atoms with Gasteiger partial charge in [0.15, 0.2) is 0 Å². The Hall–Kier alpha value is -2.67. The third-order valence-corrected chi connectivity index (χ3v) is 6.47. The van der Waals surface area contributed by atoms with Gasteiger partial charge in [0.05, 0.1) is 18.8 Å². The Morgan fingerprint density at radius 1 is 0.968 bits per heavy atom. The number of hydrogen-bond acceptors (Lipinski definition) is 3. The molecule has 0 saturated heterocycles. The number of rotatable bonds is 8. The third kappa shape index (κ3) is 6.40. The molecule has 7 heteroatoms. The number of benzene rings is 3. The third-order valence-electron chi connectivity index (χ3n) is 4.91. The van der Waals surface area contributed by atoms with Crippen LogP contribution in [0.4, 0.5) is 0 Å². The van der Waals surface area contributed by atoms with E-state index >= 15 is 0 Å². The Morgan fingerprint density at radius 2 is 1.61 bits per heavy atom. The molecule has 0 heterocycles. The predicted octanol–water partition coefficient (Wildman–Crippen LogP) is 4.32. The van der Waals surface area contributed by atoms with E-state index in [9.17, 15) is 13.2 Å². The molecule has 0 spiro atoms. The van der Waals surface area contributed by atoms with Crippen molar-refractivity contribution in [3.8, 4) is 0 Å². The molecular formula is C24H25ClN2O3S. The lowest BCUT2D eigenvalue weighted by Crippen LogP contribution is -2.41. The maximum absolute atomic E-state index is 13.0. The van der Waals surface area contributed by atoms with Crippen molar-refractivity contribution in [1.82, 2.24) is 9.62 Å². The summed E-state index contributed by atoms with van der Waals surface area (Å²) < 4.78 is 25.8. The number of nitrogens with zero attached hydrogens (tertiary/aromatic N) is 1. The Morgan fingerprint density at radius 3 is 2.26 bits per heavy atom. The normalized spacial score (nSPS) is 12.5. The van der Waals surface area contributed by atoms with Crippen LogP contribution in [-0.2, 0) is 21.4 Å². The van der Waals surface area contributed by atoms with Gasteiger partial charge in [0.25, 0.3) is 0 Å². The molecule has 0 saturated carbocycles. The summed E-state index contributed by atoms with van der Waals surface area (Å²) in [4.78, 5) is 13.0. The van der Waals surface area contributed by atoms with Crippen molar-refractivity contribution in [2.24, 2.45) is 0 Å². The maximum Gasteiger partial charge on any atom is 0.236 e. The summed E-state index contributed by atoms with van der Waals surface area (Å²) in [6.45, 7) is 1.70. The van der Waals surface area contributed by atoms with Crippen molar-refractivity contribution in [2.45, 2.75) is 19.5 Å². The number of nitrogens with one attached hydrogen (secondary N) is 1. The average Bonchev–Trinajstić information content (AvgIpc) is 2.73. The van der Waals surface area contributed by atoms with Gasteiger partial charge in [0.1, 0.15) is 0 Å². The molecule has 1 N–H and O–H groups in total. The minimum absolute atomic E-state index is 0.0202. The molecule has 1 amide bonds. The monoisotopic (exact) mass is 456 g/mol. The number of carbonyl (C=O) groups excluding carboxylic acids is 1. The van der Waals surface area contributed by atoms with E-state index in [0.29, 0.717) is 10.6 Å². The van der Waals surface area contributed by atoms with Crippen LogP contribution in [0.25, 0.3) is 0 Å². The summed E-state index contributed by atoms with van der Waals surface area (Å²) in [6.07, 6.45) is 1.09. The van der Waals surface area contributed by atoms with Gasteiger partial charge in [0.2, 0.25) is 15.9 Å². The van der Waals surface area contributed by atoms with Crippen LogP contribution in [0.5, 0.6) is 0 Å². The fourth-order valence-electron chi connectivity index (χ4n) is 3.33. The van der Waals surface area contributed by atoms with E-state index in [0.717, 1.165) is 27.3 Å². The molecule has 0 aliphatic heterocycles. The van der Waals surface area contributed by atoms with E-state index in [1.807, 2.05) is 61.5 Å². The number of sulfonamides is 1. The van der Waals surface area contributed by atoms with Gasteiger partial charge >= 0.3 is 0 Å². The second-order valence-electron chi connectivity index (χ2n) is 7.45. The lowest BCUT2D eigenvalue weighted by Gasteiger charge is -2.24. The molecule has 0 bridgehead atoms. The molecule has 3 aromatic carbocycles. The summed E-state index contributed by atoms with van der Waals surface area (Å²) in [5.74, 6) is -0.396. The quantitative estimate of drug-likeness (QED) is 0.549. The largest absolute Gasteiger partial charge is 0.344 e. The van der Waals surface area contributed by atoms with E-state index in [-0.39, 0.29) is 13.1 Å². The molecule has 5 nitrogen and oxygen atoms in total. The number of halogens is 1. The van der Waals surface area contributed by atoms with Gasteiger partial charge in [-0.2, -0.15) is 4.31 Å². The SMILES string of the molecule is Cc1cccc([C@H](NC(=O)CN(Cc2ccccc2Cl)S(C)(=O)=O)c2ccccc2)c1. The van der Waals surface area contributed by atoms with Gasteiger partial charge in [0, 0.05) is 11.6 Å². The molecule has 162 valence electrons. The van der Waals surface area contributed by atoms with Crippen molar-refractivity contribution in [3.63, 3.8) is 0 Å². The van der Waals surface area contributed by atoms with Crippen LogP contribution in [0, 0.1) is 6.92 Å². The van der Waals surface area contributed by atoms with E-state index in [2.05, 4.69) is 5.32 Å². The van der Waals surface area contributed by atoms with Crippen LogP contribution in [-0.4, -0.2) is 31.4 Å². The minimum Gasteiger partial charge on any atom is -0.344 e. The molecule has 0 fully saturated rings. The lowest BCUT2D eigenvalue weighted by molar-refractivity contribution is -0.121. The van der Waals surface area contributed by atoms with Gasteiger partial charge in [-0.1, -0.05) is 90.0 Å². The molecule has 3 aromatic rings. The van der Waals surface area contributed by atoms with Crippen LogP contribution in [0.2, 0.25) is 5.02 Å². The van der Waals surface area contributed by atoms with E-state index in [1.165, 1.54) is 0 Å². The Bertz CT molecular complexity index is 1150. The summed E-state index contributed by atoms with van der Waals surface area (Å²) in [7, 11) is -3.63. The first-order valence-corrected chi connectivity index (χ1v) is 12.1. The zero-order valence-electron chi connectivity index (χ0n) is 17.5. The fourth-order valence-corrected chi connectivity index (χ4v) is 4.25. The van der Waals surface area contributed by atoms with Crippen molar-refractivity contribution >= 4 is 27.5 Å². The van der Waals surface area contributed by atoms with Crippen molar-refractivity contribution in [1.29, 1.82) is 0 Å². The molecule has 0 aliphatic carbocycles. The first kappa shape index (κ1) is 23.0. The molecule has 0 unspecified atom stereocenters. The first-order chi connectivity index (χ1) is 14.7. The minimum atomic E-state index is -3.63. The Labute approximate surface area is 188 Å². The van der Waals surface area contributed by atoms with Gasteiger partial charge in [-0.25, -0.2) is 8.42 Å². The maximum atomic E-state index is 13.0. The predicted molar refractivity (Wildman–Crippen MR) is 124 cm³/mol. The van der Waals surface area contributed by atoms with E-state index in [1.54, 1.807) is 24.3 Å².